The lowest BCUT2D eigenvalue weighted by molar-refractivity contribution is 0.101. The molecule has 0 atom stereocenters. The van der Waals surface area contributed by atoms with Crippen LogP contribution in [-0.4, -0.2) is 17.3 Å². The van der Waals surface area contributed by atoms with E-state index < -0.39 is 0 Å². The molecular weight excluding hydrogens is 246 g/mol. The SMILES string of the molecule is CC(=O)c1cc(NCCc2nccs2)ccc1N. The average Bonchev–Trinajstić information content (AvgIpc) is 2.84. The number of nitrogen functional groups attached to an aromatic ring is 1. The number of carbonyl (C=O) groups is 1. The summed E-state index contributed by atoms with van der Waals surface area (Å²) in [5.74, 6) is -0.0175. The van der Waals surface area contributed by atoms with Gasteiger partial charge in [0.25, 0.3) is 0 Å². The fourth-order valence-corrected chi connectivity index (χ4v) is 2.28. The maximum atomic E-state index is 11.4. The second-order valence-corrected chi connectivity index (χ2v) is 4.94. The monoisotopic (exact) mass is 261 g/mol. The van der Waals surface area contributed by atoms with Crippen LogP contribution in [0.25, 0.3) is 0 Å². The number of benzene rings is 1. The number of nitrogens with zero attached hydrogens (tertiary/aromatic N) is 1. The molecule has 0 amide bonds. The largest absolute Gasteiger partial charge is 0.398 e. The summed E-state index contributed by atoms with van der Waals surface area (Å²) in [5.41, 5.74) is 7.73. The summed E-state index contributed by atoms with van der Waals surface area (Å²) < 4.78 is 0. The van der Waals surface area contributed by atoms with Crippen molar-refractivity contribution >= 4 is 28.5 Å². The molecule has 0 unspecified atom stereocenters. The van der Waals surface area contributed by atoms with Crippen LogP contribution in [0.4, 0.5) is 11.4 Å². The van der Waals surface area contributed by atoms with Gasteiger partial charge in [-0.25, -0.2) is 4.98 Å². The van der Waals surface area contributed by atoms with Crippen molar-refractivity contribution in [2.45, 2.75) is 13.3 Å². The van der Waals surface area contributed by atoms with Crippen LogP contribution in [0.5, 0.6) is 0 Å². The summed E-state index contributed by atoms with van der Waals surface area (Å²) >= 11 is 1.64. The Morgan fingerprint density at radius 2 is 2.33 bits per heavy atom. The zero-order valence-corrected chi connectivity index (χ0v) is 11.0. The molecule has 0 spiro atoms. The van der Waals surface area contributed by atoms with Gasteiger partial charge >= 0.3 is 0 Å². The number of rotatable bonds is 5. The Hall–Kier alpha value is -1.88. The molecule has 2 aromatic rings. The summed E-state index contributed by atoms with van der Waals surface area (Å²) in [6.45, 7) is 2.31. The topological polar surface area (TPSA) is 68.0 Å². The first-order valence-corrected chi connectivity index (χ1v) is 6.57. The van der Waals surface area contributed by atoms with E-state index in [4.69, 9.17) is 5.73 Å². The Morgan fingerprint density at radius 3 is 3.00 bits per heavy atom. The van der Waals surface area contributed by atoms with Crippen molar-refractivity contribution in [3.8, 4) is 0 Å². The van der Waals surface area contributed by atoms with E-state index in [1.54, 1.807) is 29.7 Å². The normalized spacial score (nSPS) is 10.3. The molecule has 0 radical (unpaired) electrons. The molecule has 0 saturated carbocycles. The summed E-state index contributed by atoms with van der Waals surface area (Å²) in [5, 5.41) is 6.33. The zero-order chi connectivity index (χ0) is 13.0. The number of carbonyl (C=O) groups excluding carboxylic acids is 1. The molecular formula is C13H15N3OS. The lowest BCUT2D eigenvalue weighted by Crippen LogP contribution is -2.06. The van der Waals surface area contributed by atoms with Gasteiger partial charge in [0.05, 0.1) is 5.01 Å². The fourth-order valence-electron chi connectivity index (χ4n) is 1.66. The van der Waals surface area contributed by atoms with Crippen molar-refractivity contribution in [3.05, 3.63) is 40.3 Å². The molecule has 1 aromatic carbocycles. The molecule has 1 heterocycles. The molecule has 94 valence electrons. The molecule has 0 aliphatic rings. The number of hydrogen-bond donors (Lipinski definition) is 2. The van der Waals surface area contributed by atoms with Crippen LogP contribution in [0, 0.1) is 0 Å². The van der Waals surface area contributed by atoms with Gasteiger partial charge in [-0.1, -0.05) is 0 Å². The van der Waals surface area contributed by atoms with Gasteiger partial charge in [-0.3, -0.25) is 4.79 Å². The van der Waals surface area contributed by atoms with Gasteiger partial charge in [0.1, 0.15) is 0 Å². The predicted octanol–water partition coefficient (Wildman–Crippen LogP) is 2.58. The highest BCUT2D eigenvalue weighted by atomic mass is 32.1. The van der Waals surface area contributed by atoms with Crippen molar-refractivity contribution in [3.63, 3.8) is 0 Å². The van der Waals surface area contributed by atoms with Gasteiger partial charge in [0.2, 0.25) is 0 Å². The highest BCUT2D eigenvalue weighted by Crippen LogP contribution is 2.18. The number of aromatic nitrogens is 1. The third kappa shape index (κ3) is 3.07. The van der Waals surface area contributed by atoms with Gasteiger partial charge in [0, 0.05) is 41.5 Å². The van der Waals surface area contributed by atoms with Crippen LogP contribution in [0.2, 0.25) is 0 Å². The van der Waals surface area contributed by atoms with Crippen LogP contribution in [0.1, 0.15) is 22.3 Å². The van der Waals surface area contributed by atoms with E-state index in [2.05, 4.69) is 10.3 Å². The number of thiazole rings is 1. The van der Waals surface area contributed by atoms with Gasteiger partial charge < -0.3 is 11.1 Å². The smallest absolute Gasteiger partial charge is 0.161 e. The van der Waals surface area contributed by atoms with E-state index in [1.165, 1.54) is 6.92 Å². The first-order chi connectivity index (χ1) is 8.66. The van der Waals surface area contributed by atoms with Crippen molar-refractivity contribution in [1.82, 2.24) is 4.98 Å². The zero-order valence-electron chi connectivity index (χ0n) is 10.1. The standard InChI is InChI=1S/C13H15N3OS/c1-9(17)11-8-10(2-3-12(11)14)15-5-4-13-16-6-7-18-13/h2-3,6-8,15H,4-5,14H2,1H3. The van der Waals surface area contributed by atoms with Gasteiger partial charge in [-0.05, 0) is 25.1 Å². The first kappa shape index (κ1) is 12.6. The van der Waals surface area contributed by atoms with Crippen LogP contribution >= 0.6 is 11.3 Å². The lowest BCUT2D eigenvalue weighted by atomic mass is 10.1. The third-order valence-corrected chi connectivity index (χ3v) is 3.42. The number of Topliss-reactive ketones (excluding diaryl/α,β-unsaturated/α-hetero) is 1. The van der Waals surface area contributed by atoms with Crippen LogP contribution in [-0.2, 0) is 6.42 Å². The van der Waals surface area contributed by atoms with Crippen molar-refractivity contribution < 1.29 is 4.79 Å². The highest BCUT2D eigenvalue weighted by molar-refractivity contribution is 7.09. The lowest BCUT2D eigenvalue weighted by Gasteiger charge is -2.08. The van der Waals surface area contributed by atoms with Crippen LogP contribution < -0.4 is 11.1 Å². The Kier molecular flexibility index (Phi) is 3.94. The highest BCUT2D eigenvalue weighted by Gasteiger charge is 2.05. The molecule has 1 aromatic heterocycles. The second kappa shape index (κ2) is 5.64. The Bertz CT molecular complexity index is 537. The number of nitrogens with two attached hydrogens (primary N) is 1. The van der Waals surface area contributed by atoms with Crippen LogP contribution in [0.3, 0.4) is 0 Å². The van der Waals surface area contributed by atoms with E-state index >= 15 is 0 Å². The molecule has 3 N–H and O–H groups in total. The number of nitrogens with one attached hydrogen (secondary N) is 1. The first-order valence-electron chi connectivity index (χ1n) is 5.69. The molecule has 0 aliphatic carbocycles. The molecule has 0 saturated heterocycles. The Morgan fingerprint density at radius 1 is 1.50 bits per heavy atom. The molecule has 4 nitrogen and oxygen atoms in total. The summed E-state index contributed by atoms with van der Waals surface area (Å²) in [6, 6.07) is 5.42. The van der Waals surface area contributed by atoms with Gasteiger partial charge in [-0.15, -0.1) is 11.3 Å². The summed E-state index contributed by atoms with van der Waals surface area (Å²) in [4.78, 5) is 15.6. The summed E-state index contributed by atoms with van der Waals surface area (Å²) in [7, 11) is 0. The van der Waals surface area contributed by atoms with Gasteiger partial charge in [0.15, 0.2) is 5.78 Å². The maximum absolute atomic E-state index is 11.4. The molecule has 18 heavy (non-hydrogen) atoms. The Balaban J connectivity index is 1.97. The van der Waals surface area contributed by atoms with Crippen molar-refractivity contribution in [2.75, 3.05) is 17.6 Å². The average molecular weight is 261 g/mol. The molecule has 5 heteroatoms. The molecule has 0 bridgehead atoms. The minimum atomic E-state index is -0.0175. The molecule has 0 aliphatic heterocycles. The maximum Gasteiger partial charge on any atom is 0.161 e. The number of hydrogen-bond acceptors (Lipinski definition) is 5. The van der Waals surface area contributed by atoms with E-state index in [-0.39, 0.29) is 5.78 Å². The third-order valence-electron chi connectivity index (χ3n) is 2.58. The summed E-state index contributed by atoms with van der Waals surface area (Å²) in [6.07, 6.45) is 2.68. The van der Waals surface area contributed by atoms with E-state index in [0.29, 0.717) is 11.3 Å². The number of anilines is 2. The minimum absolute atomic E-state index is 0.0175. The van der Waals surface area contributed by atoms with Crippen LogP contribution in [0.15, 0.2) is 29.8 Å². The number of ketones is 1. The predicted molar refractivity (Wildman–Crippen MR) is 75.2 cm³/mol. The minimum Gasteiger partial charge on any atom is -0.398 e. The molecule has 2 rings (SSSR count). The molecule has 0 fully saturated rings. The van der Waals surface area contributed by atoms with Crippen molar-refractivity contribution in [2.24, 2.45) is 0 Å². The van der Waals surface area contributed by atoms with E-state index in [1.807, 2.05) is 11.4 Å². The van der Waals surface area contributed by atoms with E-state index in [0.717, 1.165) is 23.7 Å². The van der Waals surface area contributed by atoms with E-state index in [9.17, 15) is 4.79 Å². The van der Waals surface area contributed by atoms with Crippen molar-refractivity contribution in [1.29, 1.82) is 0 Å². The Labute approximate surface area is 110 Å². The fraction of sp³-hybridized carbons (Fsp3) is 0.231. The second-order valence-electron chi connectivity index (χ2n) is 3.96. The quantitative estimate of drug-likeness (QED) is 0.641. The van der Waals surface area contributed by atoms with Gasteiger partial charge in [-0.2, -0.15) is 0 Å².